The monoisotopic (exact) mass is 402 g/mol. The SMILES string of the molecule is CC(=O)c1ccc(-c2ccnc(-c3ccccc3)c2C(=O)c2ccc(C#N)cc2)cc1. The van der Waals surface area contributed by atoms with Gasteiger partial charge in [0.05, 0.1) is 22.9 Å². The zero-order chi connectivity index (χ0) is 21.8. The molecule has 0 atom stereocenters. The van der Waals surface area contributed by atoms with Crippen LogP contribution in [0.4, 0.5) is 0 Å². The number of hydrogen-bond donors (Lipinski definition) is 0. The van der Waals surface area contributed by atoms with Crippen molar-refractivity contribution in [2.24, 2.45) is 0 Å². The number of nitrogens with zero attached hydrogens (tertiary/aromatic N) is 2. The molecule has 0 bridgehead atoms. The number of hydrogen-bond acceptors (Lipinski definition) is 4. The van der Waals surface area contributed by atoms with Crippen molar-refractivity contribution in [1.82, 2.24) is 4.98 Å². The van der Waals surface area contributed by atoms with Crippen LogP contribution in [0.3, 0.4) is 0 Å². The van der Waals surface area contributed by atoms with E-state index in [0.29, 0.717) is 27.9 Å². The highest BCUT2D eigenvalue weighted by Crippen LogP contribution is 2.33. The number of rotatable bonds is 5. The normalized spacial score (nSPS) is 10.3. The van der Waals surface area contributed by atoms with Crippen molar-refractivity contribution in [2.45, 2.75) is 6.92 Å². The summed E-state index contributed by atoms with van der Waals surface area (Å²) in [4.78, 5) is 29.8. The Bertz CT molecular complexity index is 1300. The highest BCUT2D eigenvalue weighted by atomic mass is 16.1. The molecule has 148 valence electrons. The van der Waals surface area contributed by atoms with Gasteiger partial charge in [-0.05, 0) is 48.4 Å². The second-order valence-corrected chi connectivity index (χ2v) is 7.10. The van der Waals surface area contributed by atoms with Gasteiger partial charge in [-0.3, -0.25) is 14.6 Å². The van der Waals surface area contributed by atoms with Crippen LogP contribution in [-0.4, -0.2) is 16.6 Å². The van der Waals surface area contributed by atoms with E-state index in [1.807, 2.05) is 48.5 Å². The molecule has 0 unspecified atom stereocenters. The van der Waals surface area contributed by atoms with E-state index >= 15 is 0 Å². The van der Waals surface area contributed by atoms with Crippen molar-refractivity contribution in [3.8, 4) is 28.5 Å². The lowest BCUT2D eigenvalue weighted by Crippen LogP contribution is -2.08. The lowest BCUT2D eigenvalue weighted by Gasteiger charge is -2.14. The van der Waals surface area contributed by atoms with Crippen LogP contribution in [0.15, 0.2) is 91.1 Å². The highest BCUT2D eigenvalue weighted by Gasteiger charge is 2.21. The maximum atomic E-state index is 13.6. The molecule has 0 amide bonds. The Morgan fingerprint density at radius 3 is 2.03 bits per heavy atom. The predicted molar refractivity (Wildman–Crippen MR) is 120 cm³/mol. The van der Waals surface area contributed by atoms with Crippen LogP contribution in [0.2, 0.25) is 0 Å². The molecule has 4 heteroatoms. The number of nitriles is 1. The number of ketones is 2. The Balaban J connectivity index is 1.92. The molecule has 3 aromatic carbocycles. The van der Waals surface area contributed by atoms with E-state index in [1.165, 1.54) is 6.92 Å². The third-order valence-electron chi connectivity index (χ3n) is 5.10. The van der Waals surface area contributed by atoms with Gasteiger partial charge in [0, 0.05) is 22.9 Å². The number of carbonyl (C=O) groups is 2. The zero-order valence-corrected chi connectivity index (χ0v) is 16.9. The van der Waals surface area contributed by atoms with Gasteiger partial charge < -0.3 is 0 Å². The van der Waals surface area contributed by atoms with E-state index in [-0.39, 0.29) is 11.6 Å². The van der Waals surface area contributed by atoms with Gasteiger partial charge in [0.1, 0.15) is 0 Å². The maximum Gasteiger partial charge on any atom is 0.195 e. The van der Waals surface area contributed by atoms with Gasteiger partial charge in [-0.15, -0.1) is 0 Å². The first kappa shape index (κ1) is 19.9. The molecule has 0 saturated heterocycles. The molecule has 0 spiro atoms. The molecular formula is C27H18N2O2. The smallest absolute Gasteiger partial charge is 0.195 e. The molecule has 0 fully saturated rings. The average molecular weight is 402 g/mol. The molecule has 4 rings (SSSR count). The number of Topliss-reactive ketones (excluding diaryl/α,β-unsaturated/α-hetero) is 1. The molecule has 0 aliphatic rings. The van der Waals surface area contributed by atoms with Crippen molar-refractivity contribution in [3.63, 3.8) is 0 Å². The summed E-state index contributed by atoms with van der Waals surface area (Å²) in [5.74, 6) is -0.192. The highest BCUT2D eigenvalue weighted by molar-refractivity contribution is 6.16. The number of benzene rings is 3. The molecule has 31 heavy (non-hydrogen) atoms. The fourth-order valence-electron chi connectivity index (χ4n) is 3.47. The first-order valence-corrected chi connectivity index (χ1v) is 9.79. The van der Waals surface area contributed by atoms with E-state index < -0.39 is 0 Å². The van der Waals surface area contributed by atoms with Crippen molar-refractivity contribution < 1.29 is 9.59 Å². The molecule has 0 N–H and O–H groups in total. The van der Waals surface area contributed by atoms with Gasteiger partial charge in [0.25, 0.3) is 0 Å². The van der Waals surface area contributed by atoms with Crippen molar-refractivity contribution in [3.05, 3.63) is 113 Å². The van der Waals surface area contributed by atoms with Gasteiger partial charge in [0.15, 0.2) is 11.6 Å². The molecule has 4 nitrogen and oxygen atoms in total. The van der Waals surface area contributed by atoms with Crippen LogP contribution >= 0.6 is 0 Å². The summed E-state index contributed by atoms with van der Waals surface area (Å²) in [7, 11) is 0. The van der Waals surface area contributed by atoms with Crippen molar-refractivity contribution in [1.29, 1.82) is 5.26 Å². The predicted octanol–water partition coefficient (Wildman–Crippen LogP) is 5.72. The summed E-state index contributed by atoms with van der Waals surface area (Å²) in [5, 5.41) is 9.06. The van der Waals surface area contributed by atoms with Gasteiger partial charge in [0.2, 0.25) is 0 Å². The van der Waals surface area contributed by atoms with Crippen LogP contribution in [0.25, 0.3) is 22.4 Å². The van der Waals surface area contributed by atoms with Crippen LogP contribution < -0.4 is 0 Å². The first-order valence-electron chi connectivity index (χ1n) is 9.79. The largest absolute Gasteiger partial charge is 0.295 e. The van der Waals surface area contributed by atoms with Crippen LogP contribution in [0.1, 0.15) is 38.8 Å². The topological polar surface area (TPSA) is 70.8 Å². The van der Waals surface area contributed by atoms with E-state index in [1.54, 1.807) is 42.6 Å². The van der Waals surface area contributed by atoms with Gasteiger partial charge in [-0.25, -0.2) is 0 Å². The molecule has 0 aliphatic heterocycles. The third kappa shape index (κ3) is 4.03. The fraction of sp³-hybridized carbons (Fsp3) is 0.0370. The minimum Gasteiger partial charge on any atom is -0.295 e. The molecule has 4 aromatic rings. The first-order chi connectivity index (χ1) is 15.1. The Hall–Kier alpha value is -4.36. The quantitative estimate of drug-likeness (QED) is 0.400. The summed E-state index contributed by atoms with van der Waals surface area (Å²) < 4.78 is 0. The molecule has 0 aliphatic carbocycles. The molecular weight excluding hydrogens is 384 g/mol. The summed E-state index contributed by atoms with van der Waals surface area (Å²) in [5.41, 5.74) is 5.04. The Kier molecular flexibility index (Phi) is 5.51. The zero-order valence-electron chi connectivity index (χ0n) is 16.9. The summed E-state index contributed by atoms with van der Waals surface area (Å²) >= 11 is 0. The number of aromatic nitrogens is 1. The van der Waals surface area contributed by atoms with E-state index in [2.05, 4.69) is 11.1 Å². The van der Waals surface area contributed by atoms with Crippen LogP contribution in [0, 0.1) is 11.3 Å². The maximum absolute atomic E-state index is 13.6. The van der Waals surface area contributed by atoms with Gasteiger partial charge >= 0.3 is 0 Å². The third-order valence-corrected chi connectivity index (χ3v) is 5.10. The molecule has 1 aromatic heterocycles. The minimum absolute atomic E-state index is 0.0138. The Morgan fingerprint density at radius 2 is 1.42 bits per heavy atom. The van der Waals surface area contributed by atoms with Gasteiger partial charge in [-0.1, -0.05) is 54.6 Å². The Labute approximate surface area is 180 Å². The van der Waals surface area contributed by atoms with E-state index in [0.717, 1.165) is 16.7 Å². The summed E-state index contributed by atoms with van der Waals surface area (Å²) in [6.45, 7) is 1.52. The van der Waals surface area contributed by atoms with E-state index in [4.69, 9.17) is 5.26 Å². The Morgan fingerprint density at radius 1 is 0.774 bits per heavy atom. The van der Waals surface area contributed by atoms with Gasteiger partial charge in [-0.2, -0.15) is 5.26 Å². The second kappa shape index (κ2) is 8.56. The summed E-state index contributed by atoms with van der Waals surface area (Å²) in [6, 6.07) is 27.2. The number of pyridine rings is 1. The molecule has 0 radical (unpaired) electrons. The average Bonchev–Trinajstić information content (AvgIpc) is 2.84. The lowest BCUT2D eigenvalue weighted by molar-refractivity contribution is 0.101. The molecule has 1 heterocycles. The standard InChI is InChI=1S/C27H18N2O2/c1-18(30)20-11-13-21(14-12-20)24-15-16-29-26(22-5-3-2-4-6-22)25(24)27(31)23-9-7-19(17-28)8-10-23/h2-16H,1H3. The number of carbonyl (C=O) groups excluding carboxylic acids is 2. The van der Waals surface area contributed by atoms with Crippen molar-refractivity contribution in [2.75, 3.05) is 0 Å². The second-order valence-electron chi connectivity index (χ2n) is 7.10. The summed E-state index contributed by atoms with van der Waals surface area (Å²) in [6.07, 6.45) is 1.69. The molecule has 0 saturated carbocycles. The van der Waals surface area contributed by atoms with E-state index in [9.17, 15) is 9.59 Å². The van der Waals surface area contributed by atoms with Crippen LogP contribution in [-0.2, 0) is 0 Å². The lowest BCUT2D eigenvalue weighted by atomic mass is 9.90. The van der Waals surface area contributed by atoms with Crippen LogP contribution in [0.5, 0.6) is 0 Å². The van der Waals surface area contributed by atoms with Crippen molar-refractivity contribution >= 4 is 11.6 Å². The minimum atomic E-state index is -0.179. The fourth-order valence-corrected chi connectivity index (χ4v) is 3.47.